The highest BCUT2D eigenvalue weighted by Crippen LogP contribution is 2.61. The van der Waals surface area contributed by atoms with Crippen LogP contribution in [0, 0.1) is 5.92 Å². The van der Waals surface area contributed by atoms with Crippen molar-refractivity contribution in [2.45, 2.75) is 11.8 Å². The van der Waals surface area contributed by atoms with Gasteiger partial charge >= 0.3 is 6.03 Å². The van der Waals surface area contributed by atoms with Crippen molar-refractivity contribution >= 4 is 17.7 Å². The van der Waals surface area contributed by atoms with Gasteiger partial charge < -0.3 is 10.2 Å². The van der Waals surface area contributed by atoms with E-state index in [1.54, 1.807) is 41.3 Å². The van der Waals surface area contributed by atoms with Crippen LogP contribution in [0.4, 0.5) is 25.2 Å². The SMILES string of the molecule is CN(C)c1cc(NC(=O)NC[C@@H]2[C@@H](c3ccccc3)C2(F)F)ncn1. The monoisotopic (exact) mass is 347 g/mol. The number of halogens is 2. The summed E-state index contributed by atoms with van der Waals surface area (Å²) in [5.74, 6) is -3.62. The summed E-state index contributed by atoms with van der Waals surface area (Å²) >= 11 is 0. The summed E-state index contributed by atoms with van der Waals surface area (Å²) in [4.78, 5) is 21.7. The second kappa shape index (κ2) is 6.62. The van der Waals surface area contributed by atoms with Crippen molar-refractivity contribution in [1.29, 1.82) is 0 Å². The number of nitrogens with one attached hydrogen (secondary N) is 2. The molecule has 0 radical (unpaired) electrons. The number of aromatic nitrogens is 2. The normalized spacial score (nSPS) is 20.6. The fourth-order valence-corrected chi connectivity index (χ4v) is 2.78. The summed E-state index contributed by atoms with van der Waals surface area (Å²) in [5.41, 5.74) is 0.589. The lowest BCUT2D eigenvalue weighted by Gasteiger charge is -2.12. The van der Waals surface area contributed by atoms with Gasteiger partial charge in [-0.2, -0.15) is 0 Å². The Morgan fingerprint density at radius 3 is 2.64 bits per heavy atom. The Morgan fingerprint density at radius 2 is 1.96 bits per heavy atom. The molecule has 0 spiro atoms. The van der Waals surface area contributed by atoms with Gasteiger partial charge in [0.1, 0.15) is 18.0 Å². The second-order valence-electron chi connectivity index (χ2n) is 6.16. The van der Waals surface area contributed by atoms with Crippen molar-refractivity contribution in [2.75, 3.05) is 30.9 Å². The molecule has 2 aromatic rings. The zero-order chi connectivity index (χ0) is 18.0. The average Bonchev–Trinajstić information content (AvgIpc) is 3.14. The minimum Gasteiger partial charge on any atom is -0.363 e. The smallest absolute Gasteiger partial charge is 0.320 e. The Bertz CT molecular complexity index is 754. The molecule has 0 bridgehead atoms. The van der Waals surface area contributed by atoms with Crippen LogP contribution in [0.5, 0.6) is 0 Å². The molecule has 1 saturated carbocycles. The van der Waals surface area contributed by atoms with Crippen molar-refractivity contribution in [3.63, 3.8) is 0 Å². The fraction of sp³-hybridized carbons (Fsp3) is 0.353. The van der Waals surface area contributed by atoms with Crippen LogP contribution in [0.1, 0.15) is 11.5 Å². The van der Waals surface area contributed by atoms with Crippen molar-refractivity contribution in [3.05, 3.63) is 48.3 Å². The van der Waals surface area contributed by atoms with E-state index in [1.807, 2.05) is 14.1 Å². The molecular formula is C17H19F2N5O. The Kier molecular flexibility index (Phi) is 4.52. The first-order valence-corrected chi connectivity index (χ1v) is 7.86. The molecule has 0 saturated heterocycles. The summed E-state index contributed by atoms with van der Waals surface area (Å²) in [7, 11) is 3.62. The number of amides is 2. The van der Waals surface area contributed by atoms with Crippen LogP contribution in [0.3, 0.4) is 0 Å². The number of benzene rings is 1. The number of carbonyl (C=O) groups excluding carboxylic acids is 1. The fourth-order valence-electron chi connectivity index (χ4n) is 2.78. The van der Waals surface area contributed by atoms with E-state index in [0.29, 0.717) is 17.2 Å². The van der Waals surface area contributed by atoms with Gasteiger partial charge in [0.15, 0.2) is 0 Å². The zero-order valence-electron chi connectivity index (χ0n) is 13.9. The molecule has 0 aliphatic heterocycles. The summed E-state index contributed by atoms with van der Waals surface area (Å²) < 4.78 is 27.9. The summed E-state index contributed by atoms with van der Waals surface area (Å²) in [6.45, 7) is -0.107. The van der Waals surface area contributed by atoms with Crippen LogP contribution in [-0.2, 0) is 0 Å². The number of urea groups is 1. The molecule has 3 rings (SSSR count). The van der Waals surface area contributed by atoms with Gasteiger partial charge in [0.05, 0.1) is 11.8 Å². The van der Waals surface area contributed by atoms with E-state index >= 15 is 0 Å². The van der Waals surface area contributed by atoms with Gasteiger partial charge in [0.25, 0.3) is 5.92 Å². The molecule has 1 aliphatic carbocycles. The largest absolute Gasteiger partial charge is 0.363 e. The first-order valence-electron chi connectivity index (χ1n) is 7.86. The van der Waals surface area contributed by atoms with Gasteiger partial charge in [-0.05, 0) is 5.56 Å². The molecule has 1 aliphatic rings. The molecule has 132 valence electrons. The van der Waals surface area contributed by atoms with Crippen LogP contribution in [0.25, 0.3) is 0 Å². The van der Waals surface area contributed by atoms with E-state index in [2.05, 4.69) is 20.6 Å². The predicted molar refractivity (Wildman–Crippen MR) is 91.0 cm³/mol. The lowest BCUT2D eigenvalue weighted by molar-refractivity contribution is 0.0936. The molecule has 1 aromatic heterocycles. The molecular weight excluding hydrogens is 328 g/mol. The maximum absolute atomic E-state index is 14.0. The molecule has 25 heavy (non-hydrogen) atoms. The third-order valence-electron chi connectivity index (χ3n) is 4.20. The van der Waals surface area contributed by atoms with Crippen molar-refractivity contribution < 1.29 is 13.6 Å². The Balaban J connectivity index is 1.55. The molecule has 1 aromatic carbocycles. The quantitative estimate of drug-likeness (QED) is 0.872. The van der Waals surface area contributed by atoms with E-state index in [1.165, 1.54) is 6.33 Å². The van der Waals surface area contributed by atoms with Crippen molar-refractivity contribution in [3.8, 4) is 0 Å². The summed E-state index contributed by atoms with van der Waals surface area (Å²) in [6.07, 6.45) is 1.32. The molecule has 0 unspecified atom stereocenters. The number of hydrogen-bond acceptors (Lipinski definition) is 4. The maximum atomic E-state index is 14.0. The van der Waals surface area contributed by atoms with Gasteiger partial charge in [-0.3, -0.25) is 5.32 Å². The first kappa shape index (κ1) is 17.1. The number of nitrogens with zero attached hydrogens (tertiary/aromatic N) is 3. The predicted octanol–water partition coefficient (Wildman–Crippen LogP) is 2.71. The van der Waals surface area contributed by atoms with E-state index in [-0.39, 0.29) is 6.54 Å². The van der Waals surface area contributed by atoms with Crippen molar-refractivity contribution in [2.24, 2.45) is 5.92 Å². The molecule has 8 heteroatoms. The second-order valence-corrected chi connectivity index (χ2v) is 6.16. The van der Waals surface area contributed by atoms with E-state index in [0.717, 1.165) is 0 Å². The lowest BCUT2D eigenvalue weighted by Crippen LogP contribution is -2.31. The highest BCUT2D eigenvalue weighted by Gasteiger charge is 2.68. The van der Waals surface area contributed by atoms with Gasteiger partial charge in [0.2, 0.25) is 0 Å². The molecule has 1 heterocycles. The molecule has 1 fully saturated rings. The van der Waals surface area contributed by atoms with E-state index < -0.39 is 23.8 Å². The molecule has 2 atom stereocenters. The number of alkyl halides is 2. The highest BCUT2D eigenvalue weighted by atomic mass is 19.3. The number of hydrogen-bond donors (Lipinski definition) is 2. The van der Waals surface area contributed by atoms with Gasteiger partial charge in [-0.25, -0.2) is 23.5 Å². The number of anilines is 2. The van der Waals surface area contributed by atoms with Gasteiger partial charge in [-0.15, -0.1) is 0 Å². The zero-order valence-corrected chi connectivity index (χ0v) is 13.9. The lowest BCUT2D eigenvalue weighted by atomic mass is 10.1. The topological polar surface area (TPSA) is 70.2 Å². The van der Waals surface area contributed by atoms with E-state index in [9.17, 15) is 13.6 Å². The standard InChI is InChI=1S/C17H19F2N5O/c1-24(2)14-8-13(21-10-22-14)23-16(25)20-9-12-15(17(12,18)19)11-6-4-3-5-7-11/h3-8,10,12,15H,9H2,1-2H3,(H2,20,21,22,23,25)/t12-,15-/m1/s1. The Hall–Kier alpha value is -2.77. The minimum atomic E-state index is -2.80. The van der Waals surface area contributed by atoms with E-state index in [4.69, 9.17) is 0 Å². The molecule has 6 nitrogen and oxygen atoms in total. The molecule has 2 amide bonds. The van der Waals surface area contributed by atoms with Crippen LogP contribution < -0.4 is 15.5 Å². The van der Waals surface area contributed by atoms with Crippen LogP contribution in [-0.4, -0.2) is 42.6 Å². The number of carbonyl (C=O) groups is 1. The van der Waals surface area contributed by atoms with Gasteiger partial charge in [-0.1, -0.05) is 30.3 Å². The van der Waals surface area contributed by atoms with Gasteiger partial charge in [0, 0.05) is 26.7 Å². The van der Waals surface area contributed by atoms with Crippen LogP contribution in [0.2, 0.25) is 0 Å². The Labute approximate surface area is 144 Å². The minimum absolute atomic E-state index is 0.107. The summed E-state index contributed by atoms with van der Waals surface area (Å²) in [5, 5.41) is 5.02. The maximum Gasteiger partial charge on any atom is 0.320 e. The summed E-state index contributed by atoms with van der Waals surface area (Å²) in [6, 6.07) is 9.64. The average molecular weight is 347 g/mol. The highest BCUT2D eigenvalue weighted by molar-refractivity contribution is 5.88. The van der Waals surface area contributed by atoms with Crippen LogP contribution >= 0.6 is 0 Å². The third kappa shape index (κ3) is 3.67. The number of rotatable bonds is 5. The Morgan fingerprint density at radius 1 is 1.24 bits per heavy atom. The third-order valence-corrected chi connectivity index (χ3v) is 4.20. The molecule has 2 N–H and O–H groups in total. The van der Waals surface area contributed by atoms with Crippen molar-refractivity contribution in [1.82, 2.24) is 15.3 Å². The van der Waals surface area contributed by atoms with Crippen LogP contribution in [0.15, 0.2) is 42.7 Å². The first-order chi connectivity index (χ1) is 11.9.